The second-order valence-corrected chi connectivity index (χ2v) is 7.09. The highest BCUT2D eigenvalue weighted by molar-refractivity contribution is 5.68. The molecule has 0 bridgehead atoms. The summed E-state index contributed by atoms with van der Waals surface area (Å²) in [5, 5.41) is 3.47. The van der Waals surface area contributed by atoms with E-state index in [9.17, 15) is 4.79 Å². The first kappa shape index (κ1) is 17.6. The first-order valence-electron chi connectivity index (χ1n) is 8.20. The summed E-state index contributed by atoms with van der Waals surface area (Å²) in [5.74, 6) is 1.88. The minimum atomic E-state index is -0.445. The molecule has 2 rings (SSSR count). The van der Waals surface area contributed by atoms with Gasteiger partial charge in [-0.15, -0.1) is 0 Å². The minimum Gasteiger partial charge on any atom is -0.465 e. The van der Waals surface area contributed by atoms with E-state index in [1.807, 2.05) is 39.8 Å². The first-order chi connectivity index (χ1) is 10.7. The molecule has 0 fully saturated rings. The normalized spacial score (nSPS) is 16.9. The van der Waals surface area contributed by atoms with Crippen LogP contribution in [0.3, 0.4) is 0 Å². The van der Waals surface area contributed by atoms with Crippen LogP contribution in [0.25, 0.3) is 0 Å². The number of nitrogens with zero attached hydrogens (tertiary/aromatic N) is 1. The van der Waals surface area contributed by atoms with E-state index in [0.29, 0.717) is 13.1 Å². The molecule has 1 aromatic heterocycles. The van der Waals surface area contributed by atoms with E-state index in [0.717, 1.165) is 24.5 Å². The fraction of sp³-hybridized carbons (Fsp3) is 0.611. The number of rotatable bonds is 4. The van der Waals surface area contributed by atoms with Crippen LogP contribution in [0, 0.1) is 6.92 Å². The second-order valence-electron chi connectivity index (χ2n) is 7.09. The third kappa shape index (κ3) is 5.43. The number of amides is 1. The van der Waals surface area contributed by atoms with Crippen LogP contribution in [-0.2, 0) is 4.74 Å². The van der Waals surface area contributed by atoms with Gasteiger partial charge in [0.2, 0.25) is 0 Å². The average molecular weight is 320 g/mol. The summed E-state index contributed by atoms with van der Waals surface area (Å²) in [6.45, 7) is 11.8. The molecule has 1 unspecified atom stereocenters. The third-order valence-electron chi connectivity index (χ3n) is 3.78. The Bertz CT molecular complexity index is 569. The van der Waals surface area contributed by atoms with E-state index in [1.165, 1.54) is 5.57 Å². The lowest BCUT2D eigenvalue weighted by atomic mass is 10.1. The lowest BCUT2D eigenvalue weighted by Crippen LogP contribution is -2.40. The maximum absolute atomic E-state index is 12.0. The fourth-order valence-electron chi connectivity index (χ4n) is 2.43. The molecule has 1 aromatic rings. The van der Waals surface area contributed by atoms with Crippen LogP contribution in [-0.4, -0.2) is 36.2 Å². The zero-order chi connectivity index (χ0) is 17.0. The summed E-state index contributed by atoms with van der Waals surface area (Å²) >= 11 is 0. The van der Waals surface area contributed by atoms with E-state index in [-0.39, 0.29) is 12.1 Å². The van der Waals surface area contributed by atoms with E-state index >= 15 is 0 Å². The zero-order valence-electron chi connectivity index (χ0n) is 14.8. The third-order valence-corrected chi connectivity index (χ3v) is 3.78. The Kier molecular flexibility index (Phi) is 5.52. The quantitative estimate of drug-likeness (QED) is 0.857. The molecule has 1 atom stereocenters. The molecule has 0 spiro atoms. The zero-order valence-corrected chi connectivity index (χ0v) is 14.8. The van der Waals surface area contributed by atoms with Crippen molar-refractivity contribution in [3.8, 4) is 0 Å². The summed E-state index contributed by atoms with van der Waals surface area (Å²) in [7, 11) is 0. The van der Waals surface area contributed by atoms with Gasteiger partial charge in [0.15, 0.2) is 0 Å². The van der Waals surface area contributed by atoms with Gasteiger partial charge in [-0.1, -0.05) is 11.6 Å². The maximum Gasteiger partial charge on any atom is 0.410 e. The van der Waals surface area contributed by atoms with Gasteiger partial charge < -0.3 is 19.4 Å². The number of hydrogen-bond acceptors (Lipinski definition) is 4. The Balaban J connectivity index is 1.79. The Morgan fingerprint density at radius 2 is 2.17 bits per heavy atom. The lowest BCUT2D eigenvalue weighted by Gasteiger charge is -2.29. The molecule has 0 aliphatic carbocycles. The van der Waals surface area contributed by atoms with Gasteiger partial charge in [-0.25, -0.2) is 4.79 Å². The van der Waals surface area contributed by atoms with Crippen molar-refractivity contribution in [2.45, 2.75) is 52.7 Å². The molecule has 1 aliphatic rings. The number of nitrogens with one attached hydrogen (secondary N) is 1. The van der Waals surface area contributed by atoms with Crippen LogP contribution in [0.2, 0.25) is 0 Å². The summed E-state index contributed by atoms with van der Waals surface area (Å²) in [6.07, 6.45) is 2.75. The average Bonchev–Trinajstić information content (AvgIpc) is 2.90. The van der Waals surface area contributed by atoms with Gasteiger partial charge in [0.25, 0.3) is 0 Å². The first-order valence-corrected chi connectivity index (χ1v) is 8.20. The Labute approximate surface area is 138 Å². The van der Waals surface area contributed by atoms with Gasteiger partial charge in [-0.2, -0.15) is 0 Å². The van der Waals surface area contributed by atoms with Crippen LogP contribution >= 0.6 is 0 Å². The van der Waals surface area contributed by atoms with Crippen molar-refractivity contribution in [3.63, 3.8) is 0 Å². The number of ether oxygens (including phenoxy) is 1. The Hall–Kier alpha value is -1.75. The van der Waals surface area contributed by atoms with Gasteiger partial charge in [0, 0.05) is 19.6 Å². The highest BCUT2D eigenvalue weighted by Crippen LogP contribution is 2.18. The molecule has 0 saturated carbocycles. The molecule has 0 radical (unpaired) electrons. The molecular weight excluding hydrogens is 292 g/mol. The fourth-order valence-corrected chi connectivity index (χ4v) is 2.43. The molecule has 2 heterocycles. The highest BCUT2D eigenvalue weighted by Gasteiger charge is 2.23. The van der Waals surface area contributed by atoms with Crippen molar-refractivity contribution in [1.82, 2.24) is 10.2 Å². The Morgan fingerprint density at radius 1 is 1.43 bits per heavy atom. The summed E-state index contributed by atoms with van der Waals surface area (Å²) in [4.78, 5) is 13.8. The van der Waals surface area contributed by atoms with Gasteiger partial charge >= 0.3 is 6.09 Å². The summed E-state index contributed by atoms with van der Waals surface area (Å²) in [5.41, 5.74) is 0.874. The maximum atomic E-state index is 12.0. The van der Waals surface area contributed by atoms with E-state index in [4.69, 9.17) is 9.15 Å². The molecule has 0 aromatic carbocycles. The molecule has 5 nitrogen and oxygen atoms in total. The van der Waals surface area contributed by atoms with Crippen LogP contribution in [0.15, 0.2) is 28.2 Å². The molecular formula is C18H28N2O3. The molecule has 1 N–H and O–H groups in total. The Morgan fingerprint density at radius 3 is 2.70 bits per heavy atom. The van der Waals surface area contributed by atoms with Gasteiger partial charge in [0.05, 0.1) is 6.04 Å². The minimum absolute atomic E-state index is 0.175. The predicted octanol–water partition coefficient (Wildman–Crippen LogP) is 3.81. The number of hydrogen-bond donors (Lipinski definition) is 1. The molecule has 5 heteroatoms. The largest absolute Gasteiger partial charge is 0.465 e. The smallest absolute Gasteiger partial charge is 0.410 e. The van der Waals surface area contributed by atoms with Gasteiger partial charge in [-0.3, -0.25) is 0 Å². The van der Waals surface area contributed by atoms with Crippen molar-refractivity contribution in [3.05, 3.63) is 35.3 Å². The van der Waals surface area contributed by atoms with Crippen molar-refractivity contribution >= 4 is 6.09 Å². The van der Waals surface area contributed by atoms with Crippen LogP contribution in [0.5, 0.6) is 0 Å². The predicted molar refractivity (Wildman–Crippen MR) is 90.4 cm³/mol. The van der Waals surface area contributed by atoms with Gasteiger partial charge in [-0.05, 0) is 53.2 Å². The monoisotopic (exact) mass is 320 g/mol. The highest BCUT2D eigenvalue weighted by atomic mass is 16.6. The molecule has 0 saturated heterocycles. The number of furan rings is 1. The van der Waals surface area contributed by atoms with E-state index in [2.05, 4.69) is 18.3 Å². The van der Waals surface area contributed by atoms with E-state index in [1.54, 1.807) is 4.90 Å². The molecule has 128 valence electrons. The number of carbonyl (C=O) groups is 1. The van der Waals surface area contributed by atoms with Crippen LogP contribution in [0.1, 0.15) is 51.7 Å². The van der Waals surface area contributed by atoms with Crippen molar-refractivity contribution < 1.29 is 13.9 Å². The van der Waals surface area contributed by atoms with Crippen molar-refractivity contribution in [2.24, 2.45) is 0 Å². The summed E-state index contributed by atoms with van der Waals surface area (Å²) < 4.78 is 11.0. The standard InChI is InChI=1S/C18H28N2O3/c1-13-6-7-16(22-13)14(2)19-12-15-8-10-20(11-9-15)17(21)23-18(3,4)5/h6-8,14,19H,9-12H2,1-5H3. The van der Waals surface area contributed by atoms with Crippen molar-refractivity contribution in [2.75, 3.05) is 19.6 Å². The SMILES string of the molecule is Cc1ccc(C(C)NCC2=CCN(C(=O)OC(C)(C)C)CC2)o1. The lowest BCUT2D eigenvalue weighted by molar-refractivity contribution is 0.0265. The number of carbonyl (C=O) groups excluding carboxylic acids is 1. The van der Waals surface area contributed by atoms with Crippen molar-refractivity contribution in [1.29, 1.82) is 0 Å². The van der Waals surface area contributed by atoms with E-state index < -0.39 is 5.60 Å². The van der Waals surface area contributed by atoms with Crippen LogP contribution in [0.4, 0.5) is 4.79 Å². The molecule has 1 amide bonds. The topological polar surface area (TPSA) is 54.7 Å². The number of aryl methyl sites for hydroxylation is 1. The summed E-state index contributed by atoms with van der Waals surface area (Å²) in [6, 6.07) is 4.16. The molecule has 1 aliphatic heterocycles. The van der Waals surface area contributed by atoms with Gasteiger partial charge in [0.1, 0.15) is 17.1 Å². The molecule has 23 heavy (non-hydrogen) atoms. The second kappa shape index (κ2) is 7.21. The van der Waals surface area contributed by atoms with Crippen LogP contribution < -0.4 is 5.32 Å².